The Morgan fingerprint density at radius 3 is 2.89 bits per heavy atom. The second-order valence-corrected chi connectivity index (χ2v) is 7.37. The highest BCUT2D eigenvalue weighted by molar-refractivity contribution is 7.71. The molecule has 0 fully saturated rings. The molecule has 138 valence electrons. The number of benzene rings is 1. The molecule has 0 aliphatic carbocycles. The quantitative estimate of drug-likeness (QED) is 0.480. The summed E-state index contributed by atoms with van der Waals surface area (Å²) in [5.41, 5.74) is 1.87. The fourth-order valence-corrected chi connectivity index (χ4v) is 3.91. The molecule has 0 unspecified atom stereocenters. The molecule has 2 N–H and O–H groups in total. The van der Waals surface area contributed by atoms with Crippen molar-refractivity contribution in [2.24, 2.45) is 0 Å². The van der Waals surface area contributed by atoms with E-state index in [1.165, 1.54) is 0 Å². The summed E-state index contributed by atoms with van der Waals surface area (Å²) in [4.78, 5) is 18.2. The van der Waals surface area contributed by atoms with Crippen LogP contribution in [0.2, 0.25) is 0 Å². The standard InChI is InChI=1S/C18H18N6OS2/c1-2-9-23-13-7-4-3-6-12(13)19-17(23)20-15(25)11-24-16(21-22-18(24)26)14-8-5-10-27-14/h3-8,10H,2,9,11H2,1H3,(H,22,26)(H,19,20,25). The van der Waals surface area contributed by atoms with Crippen LogP contribution < -0.4 is 5.32 Å². The Morgan fingerprint density at radius 2 is 2.11 bits per heavy atom. The molecule has 0 aliphatic rings. The fourth-order valence-electron chi connectivity index (χ4n) is 2.99. The lowest BCUT2D eigenvalue weighted by atomic mass is 10.3. The van der Waals surface area contributed by atoms with E-state index in [-0.39, 0.29) is 12.5 Å². The van der Waals surface area contributed by atoms with Gasteiger partial charge in [0.1, 0.15) is 6.54 Å². The van der Waals surface area contributed by atoms with Gasteiger partial charge in [-0.05, 0) is 42.2 Å². The van der Waals surface area contributed by atoms with Gasteiger partial charge in [0, 0.05) is 6.54 Å². The zero-order valence-electron chi connectivity index (χ0n) is 14.7. The summed E-state index contributed by atoms with van der Waals surface area (Å²) in [5, 5.41) is 11.9. The van der Waals surface area contributed by atoms with Crippen LogP contribution in [0.1, 0.15) is 13.3 Å². The van der Waals surface area contributed by atoms with Gasteiger partial charge in [0.25, 0.3) is 0 Å². The van der Waals surface area contributed by atoms with E-state index in [1.807, 2.05) is 46.3 Å². The molecule has 0 aliphatic heterocycles. The number of H-pyrrole nitrogens is 1. The number of nitrogens with zero attached hydrogens (tertiary/aromatic N) is 4. The average molecular weight is 399 g/mol. The number of fused-ring (bicyclic) bond motifs is 1. The molecule has 1 amide bonds. The highest BCUT2D eigenvalue weighted by Gasteiger charge is 2.16. The van der Waals surface area contributed by atoms with Gasteiger partial charge >= 0.3 is 0 Å². The number of imidazole rings is 1. The summed E-state index contributed by atoms with van der Waals surface area (Å²) >= 11 is 6.85. The van der Waals surface area contributed by atoms with E-state index in [1.54, 1.807) is 15.9 Å². The molecule has 3 aromatic heterocycles. The van der Waals surface area contributed by atoms with Gasteiger partial charge in [-0.3, -0.25) is 19.8 Å². The molecule has 1 aromatic carbocycles. The van der Waals surface area contributed by atoms with Crippen LogP contribution in [-0.4, -0.2) is 30.2 Å². The highest BCUT2D eigenvalue weighted by atomic mass is 32.1. The number of aromatic nitrogens is 5. The molecule has 4 aromatic rings. The van der Waals surface area contributed by atoms with Crippen LogP contribution >= 0.6 is 23.6 Å². The number of carbonyl (C=O) groups excluding carboxylic acids is 1. The van der Waals surface area contributed by atoms with Gasteiger partial charge in [0.05, 0.1) is 15.9 Å². The minimum Gasteiger partial charge on any atom is -0.310 e. The number of thiophene rings is 1. The molecule has 9 heteroatoms. The minimum atomic E-state index is -0.196. The number of hydrogen-bond acceptors (Lipinski definition) is 5. The van der Waals surface area contributed by atoms with Crippen molar-refractivity contribution < 1.29 is 4.79 Å². The summed E-state index contributed by atoms with van der Waals surface area (Å²) in [7, 11) is 0. The van der Waals surface area contributed by atoms with E-state index < -0.39 is 0 Å². The van der Waals surface area contributed by atoms with Crippen LogP contribution in [-0.2, 0) is 17.9 Å². The Bertz CT molecular complexity index is 1140. The maximum atomic E-state index is 12.7. The molecule has 3 heterocycles. The fraction of sp³-hybridized carbons (Fsp3) is 0.222. The van der Waals surface area contributed by atoms with Crippen molar-refractivity contribution in [3.63, 3.8) is 0 Å². The summed E-state index contributed by atoms with van der Waals surface area (Å²) in [6.45, 7) is 2.94. The first-order valence-corrected chi connectivity index (χ1v) is 9.90. The Kier molecular flexibility index (Phi) is 4.87. The van der Waals surface area contributed by atoms with Crippen molar-refractivity contribution in [3.8, 4) is 10.7 Å². The van der Waals surface area contributed by atoms with Crippen molar-refractivity contribution >= 4 is 46.4 Å². The van der Waals surface area contributed by atoms with Gasteiger partial charge < -0.3 is 4.57 Å². The van der Waals surface area contributed by atoms with Crippen molar-refractivity contribution in [2.75, 3.05) is 5.32 Å². The molecule has 7 nitrogen and oxygen atoms in total. The SMILES string of the molecule is CCCn1c(NC(=O)Cn2c(-c3cccs3)n[nH]c2=S)nc2ccccc21. The third-order valence-corrected chi connectivity index (χ3v) is 5.33. The first-order valence-electron chi connectivity index (χ1n) is 8.61. The monoisotopic (exact) mass is 398 g/mol. The van der Waals surface area contributed by atoms with E-state index in [0.29, 0.717) is 16.5 Å². The lowest BCUT2D eigenvalue weighted by molar-refractivity contribution is -0.116. The second-order valence-electron chi connectivity index (χ2n) is 6.04. The number of rotatable bonds is 6. The third-order valence-electron chi connectivity index (χ3n) is 4.15. The van der Waals surface area contributed by atoms with E-state index >= 15 is 0 Å². The second kappa shape index (κ2) is 7.45. The molecular formula is C18H18N6OS2. The van der Waals surface area contributed by atoms with E-state index in [9.17, 15) is 4.79 Å². The number of anilines is 1. The largest absolute Gasteiger partial charge is 0.310 e. The van der Waals surface area contributed by atoms with Gasteiger partial charge in [-0.2, -0.15) is 5.10 Å². The Balaban J connectivity index is 1.61. The lowest BCUT2D eigenvalue weighted by Crippen LogP contribution is -2.21. The number of carbonyl (C=O) groups is 1. The average Bonchev–Trinajstić information content (AvgIpc) is 3.37. The number of nitrogens with one attached hydrogen (secondary N) is 2. The van der Waals surface area contributed by atoms with E-state index in [2.05, 4.69) is 27.4 Å². The zero-order valence-corrected chi connectivity index (χ0v) is 16.3. The maximum absolute atomic E-state index is 12.7. The molecule has 0 saturated heterocycles. The van der Waals surface area contributed by atoms with Gasteiger partial charge in [0.15, 0.2) is 10.6 Å². The number of para-hydroxylation sites is 2. The number of aromatic amines is 1. The van der Waals surface area contributed by atoms with Crippen LogP contribution in [0.15, 0.2) is 41.8 Å². The summed E-state index contributed by atoms with van der Waals surface area (Å²) in [6, 6.07) is 11.8. The van der Waals surface area contributed by atoms with Crippen molar-refractivity contribution in [1.82, 2.24) is 24.3 Å². The summed E-state index contributed by atoms with van der Waals surface area (Å²) in [5.74, 6) is 1.01. The van der Waals surface area contributed by atoms with Crippen LogP contribution in [0, 0.1) is 4.77 Å². The summed E-state index contributed by atoms with van der Waals surface area (Å²) < 4.78 is 4.14. The van der Waals surface area contributed by atoms with Crippen molar-refractivity contribution in [2.45, 2.75) is 26.4 Å². The Labute approximate surface area is 164 Å². The first kappa shape index (κ1) is 17.6. The third kappa shape index (κ3) is 3.43. The van der Waals surface area contributed by atoms with Gasteiger partial charge in [-0.15, -0.1) is 11.3 Å². The molecule has 0 radical (unpaired) electrons. The molecule has 27 heavy (non-hydrogen) atoms. The van der Waals surface area contributed by atoms with Crippen molar-refractivity contribution in [3.05, 3.63) is 46.5 Å². The normalized spacial score (nSPS) is 11.1. The number of aryl methyl sites for hydroxylation is 1. The van der Waals surface area contributed by atoms with Crippen LogP contribution in [0.5, 0.6) is 0 Å². The number of amides is 1. The minimum absolute atomic E-state index is 0.0674. The Morgan fingerprint density at radius 1 is 1.26 bits per heavy atom. The zero-order chi connectivity index (χ0) is 18.8. The summed E-state index contributed by atoms with van der Waals surface area (Å²) in [6.07, 6.45) is 0.943. The van der Waals surface area contributed by atoms with Crippen molar-refractivity contribution in [1.29, 1.82) is 0 Å². The predicted molar refractivity (Wildman–Crippen MR) is 109 cm³/mol. The maximum Gasteiger partial charge on any atom is 0.246 e. The van der Waals surface area contributed by atoms with Crippen LogP contribution in [0.4, 0.5) is 5.95 Å². The molecule has 0 saturated carbocycles. The van der Waals surface area contributed by atoms with Crippen LogP contribution in [0.25, 0.3) is 21.7 Å². The van der Waals surface area contributed by atoms with Gasteiger partial charge in [0.2, 0.25) is 11.9 Å². The molecule has 4 rings (SSSR count). The molecule has 0 bridgehead atoms. The predicted octanol–water partition coefficient (Wildman–Crippen LogP) is 4.07. The lowest BCUT2D eigenvalue weighted by Gasteiger charge is -2.10. The van der Waals surface area contributed by atoms with Gasteiger partial charge in [-0.25, -0.2) is 4.98 Å². The molecular weight excluding hydrogens is 380 g/mol. The topological polar surface area (TPSA) is 80.5 Å². The number of hydrogen-bond donors (Lipinski definition) is 2. The van der Waals surface area contributed by atoms with E-state index in [4.69, 9.17) is 12.2 Å². The highest BCUT2D eigenvalue weighted by Crippen LogP contribution is 2.23. The van der Waals surface area contributed by atoms with Crippen LogP contribution in [0.3, 0.4) is 0 Å². The Hall–Kier alpha value is -2.78. The molecule has 0 atom stereocenters. The molecule has 0 spiro atoms. The van der Waals surface area contributed by atoms with Gasteiger partial charge in [-0.1, -0.05) is 25.1 Å². The van der Waals surface area contributed by atoms with E-state index in [0.717, 1.165) is 28.9 Å². The first-order chi connectivity index (χ1) is 13.2. The smallest absolute Gasteiger partial charge is 0.246 e.